The van der Waals surface area contributed by atoms with Gasteiger partial charge >= 0.3 is 5.97 Å². The molecule has 1 rings (SSSR count). The molecule has 0 heterocycles. The highest BCUT2D eigenvalue weighted by Crippen LogP contribution is 2.21. The predicted molar refractivity (Wildman–Crippen MR) is 57.1 cm³/mol. The topological polar surface area (TPSA) is 26.3 Å². The third-order valence-electron chi connectivity index (χ3n) is 1.90. The molecule has 0 aliphatic heterocycles. The van der Waals surface area contributed by atoms with Gasteiger partial charge in [0.25, 0.3) is 6.43 Å². The first-order valence-electron chi connectivity index (χ1n) is 4.87. The summed E-state index contributed by atoms with van der Waals surface area (Å²) >= 11 is 0. The van der Waals surface area contributed by atoms with Gasteiger partial charge in [-0.1, -0.05) is 30.3 Å². The monoisotopic (exact) mass is 226 g/mol. The van der Waals surface area contributed by atoms with Crippen LogP contribution in [0.4, 0.5) is 8.78 Å². The summed E-state index contributed by atoms with van der Waals surface area (Å²) in [5.41, 5.74) is 0.00426. The van der Waals surface area contributed by atoms with Crippen LogP contribution in [0, 0.1) is 0 Å². The van der Waals surface area contributed by atoms with Crippen LogP contribution in [-0.4, -0.2) is 19.0 Å². The smallest absolute Gasteiger partial charge is 0.331 e. The maximum atomic E-state index is 12.7. The second-order valence-corrected chi connectivity index (χ2v) is 3.02. The molecule has 0 radical (unpaired) electrons. The van der Waals surface area contributed by atoms with E-state index in [0.717, 1.165) is 6.08 Å². The first kappa shape index (κ1) is 12.4. The van der Waals surface area contributed by atoms with Crippen molar-refractivity contribution in [2.75, 3.05) is 6.61 Å². The van der Waals surface area contributed by atoms with E-state index in [1.165, 1.54) is 12.1 Å². The Morgan fingerprint density at radius 2 is 2.00 bits per heavy atom. The maximum absolute atomic E-state index is 12.7. The van der Waals surface area contributed by atoms with E-state index in [0.29, 0.717) is 5.56 Å². The molecule has 0 aliphatic rings. The quantitative estimate of drug-likeness (QED) is 0.583. The highest BCUT2D eigenvalue weighted by molar-refractivity contribution is 5.92. The van der Waals surface area contributed by atoms with Gasteiger partial charge in [-0.3, -0.25) is 0 Å². The minimum absolute atomic E-state index is 0.167. The molecule has 0 fully saturated rings. The number of rotatable bonds is 4. The summed E-state index contributed by atoms with van der Waals surface area (Å²) in [6.07, 6.45) is -1.87. The van der Waals surface area contributed by atoms with Gasteiger partial charge in [0.05, 0.1) is 6.61 Å². The molecule has 4 heteroatoms. The molecule has 16 heavy (non-hydrogen) atoms. The largest absolute Gasteiger partial charge is 0.463 e. The number of allylic oxidation sites excluding steroid dienone is 1. The van der Waals surface area contributed by atoms with Crippen LogP contribution in [-0.2, 0) is 9.53 Å². The Kier molecular flexibility index (Phi) is 4.64. The molecule has 86 valence electrons. The Hall–Kier alpha value is -1.71. The van der Waals surface area contributed by atoms with E-state index >= 15 is 0 Å². The summed E-state index contributed by atoms with van der Waals surface area (Å²) in [6.45, 7) is 1.79. The fourth-order valence-corrected chi connectivity index (χ4v) is 1.21. The van der Waals surface area contributed by atoms with Gasteiger partial charge in [0.2, 0.25) is 0 Å². The van der Waals surface area contributed by atoms with E-state index < -0.39 is 12.4 Å². The third kappa shape index (κ3) is 3.46. The molecule has 0 amide bonds. The standard InChI is InChI=1S/C12H12F2O2/c1-2-16-11(15)8-10(12(13)14)9-6-4-3-5-7-9/h3-8,12H,2H2,1H3/b10-8+. The number of ether oxygens (including phenoxy) is 1. The molecule has 1 aromatic rings. The fraction of sp³-hybridized carbons (Fsp3) is 0.250. The van der Waals surface area contributed by atoms with Gasteiger partial charge in [-0.05, 0) is 12.5 Å². The maximum Gasteiger partial charge on any atom is 0.331 e. The van der Waals surface area contributed by atoms with Gasteiger partial charge in [-0.25, -0.2) is 13.6 Å². The van der Waals surface area contributed by atoms with Crippen LogP contribution < -0.4 is 0 Å². The minimum Gasteiger partial charge on any atom is -0.463 e. The molecule has 1 aromatic carbocycles. The average Bonchev–Trinajstić information content (AvgIpc) is 2.27. The van der Waals surface area contributed by atoms with Gasteiger partial charge in [-0.2, -0.15) is 0 Å². The molecule has 0 aromatic heterocycles. The molecule has 0 aliphatic carbocycles. The van der Waals surface area contributed by atoms with Gasteiger partial charge in [0.1, 0.15) is 0 Å². The van der Waals surface area contributed by atoms with Crippen molar-refractivity contribution in [1.29, 1.82) is 0 Å². The summed E-state index contributed by atoms with van der Waals surface area (Å²) in [4.78, 5) is 11.1. The van der Waals surface area contributed by atoms with Crippen molar-refractivity contribution < 1.29 is 18.3 Å². The number of carbonyl (C=O) groups excluding carboxylic acids is 1. The first-order valence-corrected chi connectivity index (χ1v) is 4.87. The summed E-state index contributed by atoms with van der Waals surface area (Å²) in [5.74, 6) is -0.748. The Labute approximate surface area is 92.5 Å². The Morgan fingerprint density at radius 3 is 2.50 bits per heavy atom. The molecule has 0 atom stereocenters. The van der Waals surface area contributed by atoms with E-state index in [1.807, 2.05) is 0 Å². The van der Waals surface area contributed by atoms with Crippen molar-refractivity contribution in [2.24, 2.45) is 0 Å². The van der Waals surface area contributed by atoms with Gasteiger partial charge in [-0.15, -0.1) is 0 Å². The number of carbonyl (C=O) groups is 1. The Bertz CT molecular complexity index is 372. The number of hydrogen-bond acceptors (Lipinski definition) is 2. The van der Waals surface area contributed by atoms with E-state index in [2.05, 4.69) is 4.74 Å². The van der Waals surface area contributed by atoms with Crippen LogP contribution in [0.25, 0.3) is 5.57 Å². The molecular formula is C12H12F2O2. The highest BCUT2D eigenvalue weighted by atomic mass is 19.3. The summed E-state index contributed by atoms with van der Waals surface area (Å²) in [7, 11) is 0. The van der Waals surface area contributed by atoms with Crippen molar-refractivity contribution in [2.45, 2.75) is 13.3 Å². The highest BCUT2D eigenvalue weighted by Gasteiger charge is 2.15. The average molecular weight is 226 g/mol. The van der Waals surface area contributed by atoms with Crippen LogP contribution in [0.3, 0.4) is 0 Å². The van der Waals surface area contributed by atoms with Crippen LogP contribution in [0.1, 0.15) is 12.5 Å². The molecule has 0 N–H and O–H groups in total. The molecule has 0 unspecified atom stereocenters. The second-order valence-electron chi connectivity index (χ2n) is 3.02. The SMILES string of the molecule is CCOC(=O)/C=C(\c1ccccc1)C(F)F. The zero-order valence-electron chi connectivity index (χ0n) is 8.82. The van der Waals surface area contributed by atoms with E-state index in [9.17, 15) is 13.6 Å². The molecule has 0 saturated carbocycles. The summed E-state index contributed by atoms with van der Waals surface area (Å²) < 4.78 is 30.0. The van der Waals surface area contributed by atoms with Crippen molar-refractivity contribution in [1.82, 2.24) is 0 Å². The number of benzene rings is 1. The Morgan fingerprint density at radius 1 is 1.38 bits per heavy atom. The van der Waals surface area contributed by atoms with Crippen molar-refractivity contribution in [3.8, 4) is 0 Å². The number of esters is 1. The van der Waals surface area contributed by atoms with Gasteiger partial charge < -0.3 is 4.74 Å². The fourth-order valence-electron chi connectivity index (χ4n) is 1.21. The van der Waals surface area contributed by atoms with E-state index in [4.69, 9.17) is 0 Å². The summed E-state index contributed by atoms with van der Waals surface area (Å²) in [5, 5.41) is 0. The zero-order chi connectivity index (χ0) is 12.0. The van der Waals surface area contributed by atoms with Crippen LogP contribution in [0.5, 0.6) is 0 Å². The first-order chi connectivity index (χ1) is 7.65. The van der Waals surface area contributed by atoms with Crippen LogP contribution in [0.2, 0.25) is 0 Å². The molecule has 0 spiro atoms. The van der Waals surface area contributed by atoms with Crippen molar-refractivity contribution in [3.63, 3.8) is 0 Å². The third-order valence-corrected chi connectivity index (χ3v) is 1.90. The molecular weight excluding hydrogens is 214 g/mol. The molecule has 0 bridgehead atoms. The lowest BCUT2D eigenvalue weighted by Crippen LogP contribution is -2.04. The number of alkyl halides is 2. The number of halogens is 2. The second kappa shape index (κ2) is 6.00. The lowest BCUT2D eigenvalue weighted by Gasteiger charge is -2.06. The van der Waals surface area contributed by atoms with Crippen LogP contribution >= 0.6 is 0 Å². The van der Waals surface area contributed by atoms with Crippen molar-refractivity contribution >= 4 is 11.5 Å². The van der Waals surface area contributed by atoms with Gasteiger partial charge in [0.15, 0.2) is 0 Å². The normalized spacial score (nSPS) is 11.6. The number of hydrogen-bond donors (Lipinski definition) is 0. The van der Waals surface area contributed by atoms with E-state index in [1.54, 1.807) is 25.1 Å². The summed E-state index contributed by atoms with van der Waals surface area (Å²) in [6, 6.07) is 8.04. The predicted octanol–water partition coefficient (Wildman–Crippen LogP) is 2.90. The lowest BCUT2D eigenvalue weighted by atomic mass is 10.1. The molecule has 2 nitrogen and oxygen atoms in total. The van der Waals surface area contributed by atoms with Crippen LogP contribution in [0.15, 0.2) is 36.4 Å². The molecule has 0 saturated heterocycles. The van der Waals surface area contributed by atoms with Gasteiger partial charge in [0, 0.05) is 11.6 Å². The zero-order valence-corrected chi connectivity index (χ0v) is 8.82. The lowest BCUT2D eigenvalue weighted by molar-refractivity contribution is -0.137. The van der Waals surface area contributed by atoms with E-state index in [-0.39, 0.29) is 12.2 Å². The van der Waals surface area contributed by atoms with Crippen molar-refractivity contribution in [3.05, 3.63) is 42.0 Å². The Balaban J connectivity index is 2.96. The minimum atomic E-state index is -2.70.